The van der Waals surface area contributed by atoms with Crippen molar-refractivity contribution in [2.24, 2.45) is 0 Å². The second kappa shape index (κ2) is 9.67. The van der Waals surface area contributed by atoms with Gasteiger partial charge in [0.1, 0.15) is 5.75 Å². The van der Waals surface area contributed by atoms with Gasteiger partial charge in [0.25, 0.3) is 0 Å². The van der Waals surface area contributed by atoms with Crippen molar-refractivity contribution in [1.29, 1.82) is 0 Å². The lowest BCUT2D eigenvalue weighted by molar-refractivity contribution is 0.106. The monoisotopic (exact) mass is 408 g/mol. The zero-order valence-electron chi connectivity index (χ0n) is 17.6. The molecule has 0 radical (unpaired) electrons. The quantitative estimate of drug-likeness (QED) is 0.732. The van der Waals surface area contributed by atoms with Crippen LogP contribution in [0.4, 0.5) is 0 Å². The second-order valence-electron chi connectivity index (χ2n) is 7.99. The van der Waals surface area contributed by atoms with Gasteiger partial charge in [-0.05, 0) is 62.4 Å². The van der Waals surface area contributed by atoms with E-state index >= 15 is 0 Å². The third kappa shape index (κ3) is 5.01. The van der Waals surface area contributed by atoms with Crippen LogP contribution in [0.1, 0.15) is 52.0 Å². The van der Waals surface area contributed by atoms with Crippen LogP contribution in [0, 0.1) is 0 Å². The van der Waals surface area contributed by atoms with Crippen LogP contribution in [-0.2, 0) is 5.54 Å². The van der Waals surface area contributed by atoms with Gasteiger partial charge >= 0.3 is 0 Å². The standard InChI is InChI=1S/C20H32N6O.ClH/c1-6-24-12-14-25(15-13-24)18(16-8-10-17(11-9-16)27-7-2)19-21-22-23-26(19)20(3,4)5;/h8-11,18H,6-7,12-15H2,1-5H3;1H. The molecule has 156 valence electrons. The molecule has 28 heavy (non-hydrogen) atoms. The fourth-order valence-corrected chi connectivity index (χ4v) is 3.62. The number of piperazine rings is 1. The summed E-state index contributed by atoms with van der Waals surface area (Å²) in [6.45, 7) is 16.5. The van der Waals surface area contributed by atoms with Gasteiger partial charge in [-0.15, -0.1) is 17.5 Å². The number of benzene rings is 1. The number of hydrogen-bond acceptors (Lipinski definition) is 6. The minimum absolute atomic E-state index is 0. The molecule has 1 aliphatic heterocycles. The minimum Gasteiger partial charge on any atom is -0.494 e. The lowest BCUT2D eigenvalue weighted by atomic mass is 10.0. The molecule has 0 aliphatic carbocycles. The Morgan fingerprint density at radius 3 is 2.21 bits per heavy atom. The molecule has 1 fully saturated rings. The molecule has 1 saturated heterocycles. The van der Waals surface area contributed by atoms with E-state index in [0.29, 0.717) is 6.61 Å². The van der Waals surface area contributed by atoms with E-state index in [-0.39, 0.29) is 24.0 Å². The number of nitrogens with zero attached hydrogens (tertiary/aromatic N) is 6. The minimum atomic E-state index is -0.173. The number of ether oxygens (including phenoxy) is 1. The smallest absolute Gasteiger partial charge is 0.173 e. The molecule has 1 atom stereocenters. The Hall–Kier alpha value is -1.70. The van der Waals surface area contributed by atoms with Crippen molar-refractivity contribution < 1.29 is 4.74 Å². The Morgan fingerprint density at radius 2 is 1.68 bits per heavy atom. The molecule has 0 N–H and O–H groups in total. The highest BCUT2D eigenvalue weighted by Crippen LogP contribution is 2.31. The van der Waals surface area contributed by atoms with E-state index in [1.54, 1.807) is 0 Å². The molecule has 0 amide bonds. The molecule has 2 heterocycles. The lowest BCUT2D eigenvalue weighted by Gasteiger charge is -2.39. The number of aromatic nitrogens is 4. The van der Waals surface area contributed by atoms with Crippen molar-refractivity contribution in [3.63, 3.8) is 0 Å². The lowest BCUT2D eigenvalue weighted by Crippen LogP contribution is -2.48. The summed E-state index contributed by atoms with van der Waals surface area (Å²) in [6.07, 6.45) is 0. The Balaban J connectivity index is 0.00000280. The van der Waals surface area contributed by atoms with E-state index in [2.05, 4.69) is 65.2 Å². The van der Waals surface area contributed by atoms with Crippen LogP contribution in [0.15, 0.2) is 24.3 Å². The molecule has 0 bridgehead atoms. The first-order chi connectivity index (χ1) is 12.9. The van der Waals surface area contributed by atoms with Crippen LogP contribution in [0.5, 0.6) is 5.75 Å². The SMILES string of the molecule is CCOc1ccc(C(c2nnnn2C(C)(C)C)N2CCN(CC)CC2)cc1.Cl. The number of hydrogen-bond donors (Lipinski definition) is 0. The second-order valence-corrected chi connectivity index (χ2v) is 7.99. The van der Waals surface area contributed by atoms with Crippen molar-refractivity contribution in [1.82, 2.24) is 30.0 Å². The summed E-state index contributed by atoms with van der Waals surface area (Å²) < 4.78 is 7.58. The van der Waals surface area contributed by atoms with Crippen molar-refractivity contribution in [3.8, 4) is 5.75 Å². The Kier molecular flexibility index (Phi) is 7.80. The largest absolute Gasteiger partial charge is 0.494 e. The first-order valence-electron chi connectivity index (χ1n) is 9.92. The molecule has 1 aromatic heterocycles. The average molecular weight is 409 g/mol. The topological polar surface area (TPSA) is 59.3 Å². The van der Waals surface area contributed by atoms with Crippen LogP contribution >= 0.6 is 12.4 Å². The molecule has 0 spiro atoms. The maximum Gasteiger partial charge on any atom is 0.173 e. The zero-order valence-corrected chi connectivity index (χ0v) is 18.4. The number of likely N-dealkylation sites (N-methyl/N-ethyl adjacent to an activating group) is 1. The Labute approximate surface area is 174 Å². The highest BCUT2D eigenvalue weighted by atomic mass is 35.5. The molecular weight excluding hydrogens is 376 g/mol. The van der Waals surface area contributed by atoms with E-state index in [4.69, 9.17) is 4.74 Å². The molecule has 2 aromatic rings. The Morgan fingerprint density at radius 1 is 1.04 bits per heavy atom. The summed E-state index contributed by atoms with van der Waals surface area (Å²) in [7, 11) is 0. The molecule has 1 aliphatic rings. The fourth-order valence-electron chi connectivity index (χ4n) is 3.62. The Bertz CT molecular complexity index is 719. The maximum absolute atomic E-state index is 5.62. The van der Waals surface area contributed by atoms with E-state index in [9.17, 15) is 0 Å². The maximum atomic E-state index is 5.62. The molecule has 7 nitrogen and oxygen atoms in total. The molecule has 0 saturated carbocycles. The third-order valence-corrected chi connectivity index (χ3v) is 5.10. The van der Waals surface area contributed by atoms with Gasteiger partial charge in [0.15, 0.2) is 5.82 Å². The molecular formula is C20H33ClN6O. The van der Waals surface area contributed by atoms with Crippen molar-refractivity contribution in [3.05, 3.63) is 35.7 Å². The van der Waals surface area contributed by atoms with Crippen molar-refractivity contribution >= 4 is 12.4 Å². The van der Waals surface area contributed by atoms with E-state index in [1.807, 2.05) is 23.7 Å². The summed E-state index contributed by atoms with van der Waals surface area (Å²) in [5.41, 5.74) is 1.02. The van der Waals surface area contributed by atoms with Crippen molar-refractivity contribution in [2.45, 2.75) is 46.2 Å². The van der Waals surface area contributed by atoms with E-state index in [0.717, 1.165) is 44.3 Å². The fraction of sp³-hybridized carbons (Fsp3) is 0.650. The van der Waals surface area contributed by atoms with Gasteiger partial charge in [-0.1, -0.05) is 19.1 Å². The molecule has 1 unspecified atom stereocenters. The summed E-state index contributed by atoms with van der Waals surface area (Å²) >= 11 is 0. The van der Waals surface area contributed by atoms with Crippen LogP contribution in [0.2, 0.25) is 0 Å². The predicted octanol–water partition coefficient (Wildman–Crippen LogP) is 2.98. The highest BCUT2D eigenvalue weighted by molar-refractivity contribution is 5.85. The van der Waals surface area contributed by atoms with Gasteiger partial charge < -0.3 is 9.64 Å². The average Bonchev–Trinajstić information content (AvgIpc) is 3.14. The van der Waals surface area contributed by atoms with Crippen LogP contribution < -0.4 is 4.74 Å². The van der Waals surface area contributed by atoms with Gasteiger partial charge in [0.05, 0.1) is 18.2 Å². The first kappa shape index (κ1) is 22.6. The van der Waals surface area contributed by atoms with E-state index in [1.165, 1.54) is 5.56 Å². The van der Waals surface area contributed by atoms with Gasteiger partial charge in [0, 0.05) is 26.2 Å². The molecule has 8 heteroatoms. The zero-order chi connectivity index (χ0) is 19.4. The van der Waals surface area contributed by atoms with E-state index < -0.39 is 0 Å². The summed E-state index contributed by atoms with van der Waals surface area (Å²) in [6, 6.07) is 8.40. The highest BCUT2D eigenvalue weighted by Gasteiger charge is 2.32. The summed E-state index contributed by atoms with van der Waals surface area (Å²) in [5.74, 6) is 1.79. The first-order valence-corrected chi connectivity index (χ1v) is 9.92. The van der Waals surface area contributed by atoms with Gasteiger partial charge in [0.2, 0.25) is 0 Å². The van der Waals surface area contributed by atoms with Crippen LogP contribution in [0.3, 0.4) is 0 Å². The number of tetrazole rings is 1. The summed E-state index contributed by atoms with van der Waals surface area (Å²) in [4.78, 5) is 4.98. The van der Waals surface area contributed by atoms with Gasteiger partial charge in [-0.3, -0.25) is 4.90 Å². The third-order valence-electron chi connectivity index (χ3n) is 5.10. The normalized spacial score (nSPS) is 17.2. The van der Waals surface area contributed by atoms with Gasteiger partial charge in [-0.25, -0.2) is 4.68 Å². The summed E-state index contributed by atoms with van der Waals surface area (Å²) in [5, 5.41) is 12.8. The number of halogens is 1. The number of rotatable bonds is 6. The van der Waals surface area contributed by atoms with Crippen LogP contribution in [0.25, 0.3) is 0 Å². The molecule has 1 aromatic carbocycles. The van der Waals surface area contributed by atoms with Crippen molar-refractivity contribution in [2.75, 3.05) is 39.3 Å². The molecule has 3 rings (SSSR count). The van der Waals surface area contributed by atoms with Gasteiger partial charge in [-0.2, -0.15) is 0 Å². The van der Waals surface area contributed by atoms with Crippen LogP contribution in [-0.4, -0.2) is 69.3 Å². The predicted molar refractivity (Wildman–Crippen MR) is 113 cm³/mol.